The molecule has 0 bridgehead atoms. The van der Waals surface area contributed by atoms with Gasteiger partial charge in [-0.25, -0.2) is 4.98 Å². The van der Waals surface area contributed by atoms with E-state index in [1.165, 1.54) is 0 Å². The Balaban J connectivity index is 2.13. The van der Waals surface area contributed by atoms with E-state index in [4.69, 9.17) is 0 Å². The number of fused-ring (bicyclic) bond motifs is 1. The van der Waals surface area contributed by atoms with Gasteiger partial charge < -0.3 is 10.4 Å². The summed E-state index contributed by atoms with van der Waals surface area (Å²) in [4.78, 5) is 16.7. The monoisotopic (exact) mass is 303 g/mol. The van der Waals surface area contributed by atoms with Crippen molar-refractivity contribution < 1.29 is 9.90 Å². The SMILES string of the molecule is Cc1ccc2ncc(C(=O)NCC(C)(C)C(O)C(C)C)n2c1. The lowest BCUT2D eigenvalue weighted by atomic mass is 9.80. The maximum absolute atomic E-state index is 12.4. The summed E-state index contributed by atoms with van der Waals surface area (Å²) in [6, 6.07) is 3.85. The third-order valence-electron chi connectivity index (χ3n) is 4.02. The molecule has 0 aliphatic rings. The molecule has 0 saturated heterocycles. The molecule has 2 aromatic rings. The second-order valence-electron chi connectivity index (χ2n) is 6.94. The van der Waals surface area contributed by atoms with Gasteiger partial charge in [0.2, 0.25) is 0 Å². The summed E-state index contributed by atoms with van der Waals surface area (Å²) in [5, 5.41) is 13.1. The van der Waals surface area contributed by atoms with E-state index in [-0.39, 0.29) is 17.2 Å². The average Bonchev–Trinajstić information content (AvgIpc) is 2.86. The normalized spacial score (nSPS) is 13.6. The van der Waals surface area contributed by atoms with Crippen LogP contribution < -0.4 is 5.32 Å². The third-order valence-corrected chi connectivity index (χ3v) is 4.02. The van der Waals surface area contributed by atoms with Crippen LogP contribution in [0.15, 0.2) is 24.5 Å². The summed E-state index contributed by atoms with van der Waals surface area (Å²) < 4.78 is 1.79. The number of hydrogen-bond acceptors (Lipinski definition) is 3. The zero-order chi connectivity index (χ0) is 16.5. The van der Waals surface area contributed by atoms with Crippen molar-refractivity contribution in [1.29, 1.82) is 0 Å². The van der Waals surface area contributed by atoms with E-state index < -0.39 is 6.10 Å². The molecule has 2 heterocycles. The topological polar surface area (TPSA) is 66.6 Å². The van der Waals surface area contributed by atoms with Crippen molar-refractivity contribution in [3.63, 3.8) is 0 Å². The number of rotatable bonds is 5. The molecule has 1 atom stereocenters. The second kappa shape index (κ2) is 6.08. The Bertz CT molecular complexity index is 674. The Kier molecular flexibility index (Phi) is 4.56. The van der Waals surface area contributed by atoms with Gasteiger partial charge in [-0.05, 0) is 24.5 Å². The minimum Gasteiger partial charge on any atom is -0.392 e. The molecular formula is C17H25N3O2. The first-order chi connectivity index (χ1) is 10.2. The number of aliphatic hydroxyl groups excluding tert-OH is 1. The van der Waals surface area contributed by atoms with Crippen molar-refractivity contribution in [3.05, 3.63) is 35.8 Å². The summed E-state index contributed by atoms with van der Waals surface area (Å²) in [6.07, 6.45) is 3.00. The first kappa shape index (κ1) is 16.5. The van der Waals surface area contributed by atoms with E-state index in [0.29, 0.717) is 12.2 Å². The van der Waals surface area contributed by atoms with Gasteiger partial charge in [-0.2, -0.15) is 0 Å². The first-order valence-electron chi connectivity index (χ1n) is 7.62. The summed E-state index contributed by atoms with van der Waals surface area (Å²) in [5.41, 5.74) is 1.93. The standard InChI is InChI=1S/C17H25N3O2/c1-11(2)15(21)17(4,5)10-19-16(22)13-8-18-14-7-6-12(3)9-20(13)14/h6-9,11,15,21H,10H2,1-5H3,(H,19,22). The fraction of sp³-hybridized carbons (Fsp3) is 0.529. The summed E-state index contributed by atoms with van der Waals surface area (Å²) >= 11 is 0. The number of aryl methyl sites for hydroxylation is 1. The molecule has 0 fully saturated rings. The van der Waals surface area contributed by atoms with Crippen molar-refractivity contribution in [3.8, 4) is 0 Å². The number of imidazole rings is 1. The van der Waals surface area contributed by atoms with Crippen LogP contribution in [0.3, 0.4) is 0 Å². The zero-order valence-corrected chi connectivity index (χ0v) is 13.9. The molecule has 1 unspecified atom stereocenters. The highest BCUT2D eigenvalue weighted by Gasteiger charge is 2.30. The van der Waals surface area contributed by atoms with Crippen molar-refractivity contribution in [1.82, 2.24) is 14.7 Å². The number of aliphatic hydroxyl groups is 1. The number of hydrogen-bond donors (Lipinski definition) is 2. The molecule has 0 aromatic carbocycles. The molecule has 2 aromatic heterocycles. The number of pyridine rings is 1. The van der Waals surface area contributed by atoms with Crippen LogP contribution in [0.5, 0.6) is 0 Å². The van der Waals surface area contributed by atoms with E-state index in [1.807, 2.05) is 52.9 Å². The predicted octanol–water partition coefficient (Wildman–Crippen LogP) is 2.42. The molecule has 2 rings (SSSR count). The molecule has 1 amide bonds. The van der Waals surface area contributed by atoms with E-state index in [1.54, 1.807) is 10.6 Å². The highest BCUT2D eigenvalue weighted by molar-refractivity contribution is 5.93. The van der Waals surface area contributed by atoms with Crippen LogP contribution in [0, 0.1) is 18.3 Å². The molecule has 0 radical (unpaired) electrons. The molecule has 2 N–H and O–H groups in total. The molecule has 22 heavy (non-hydrogen) atoms. The van der Waals surface area contributed by atoms with Crippen LogP contribution in [0.1, 0.15) is 43.7 Å². The molecule has 0 saturated carbocycles. The number of aromatic nitrogens is 2. The second-order valence-corrected chi connectivity index (χ2v) is 6.94. The molecular weight excluding hydrogens is 278 g/mol. The van der Waals surface area contributed by atoms with Crippen molar-refractivity contribution in [2.45, 2.75) is 40.7 Å². The maximum Gasteiger partial charge on any atom is 0.269 e. The summed E-state index contributed by atoms with van der Waals surface area (Å²) in [6.45, 7) is 10.2. The van der Waals surface area contributed by atoms with Gasteiger partial charge >= 0.3 is 0 Å². The number of nitrogens with zero attached hydrogens (tertiary/aromatic N) is 2. The Hall–Kier alpha value is -1.88. The van der Waals surface area contributed by atoms with E-state index in [2.05, 4.69) is 10.3 Å². The lowest BCUT2D eigenvalue weighted by Crippen LogP contribution is -2.43. The highest BCUT2D eigenvalue weighted by Crippen LogP contribution is 2.25. The van der Waals surface area contributed by atoms with Gasteiger partial charge in [-0.3, -0.25) is 9.20 Å². The average molecular weight is 303 g/mol. The van der Waals surface area contributed by atoms with Crippen LogP contribution >= 0.6 is 0 Å². The zero-order valence-electron chi connectivity index (χ0n) is 13.9. The van der Waals surface area contributed by atoms with Gasteiger partial charge in [-0.1, -0.05) is 33.8 Å². The van der Waals surface area contributed by atoms with Crippen LogP contribution in [0.2, 0.25) is 0 Å². The quantitative estimate of drug-likeness (QED) is 0.891. The van der Waals surface area contributed by atoms with Gasteiger partial charge in [-0.15, -0.1) is 0 Å². The number of carbonyl (C=O) groups excluding carboxylic acids is 1. The molecule has 0 aliphatic heterocycles. The van der Waals surface area contributed by atoms with Crippen molar-refractivity contribution in [2.75, 3.05) is 6.54 Å². The van der Waals surface area contributed by atoms with Gasteiger partial charge in [0.05, 0.1) is 12.3 Å². The van der Waals surface area contributed by atoms with Crippen molar-refractivity contribution >= 4 is 11.6 Å². The van der Waals surface area contributed by atoms with Gasteiger partial charge in [0.25, 0.3) is 5.91 Å². The number of amides is 1. The molecule has 5 heteroatoms. The Morgan fingerprint density at radius 1 is 1.41 bits per heavy atom. The summed E-state index contributed by atoms with van der Waals surface area (Å²) in [5.74, 6) is -0.0347. The Labute approximate surface area is 131 Å². The van der Waals surface area contributed by atoms with E-state index in [0.717, 1.165) is 11.2 Å². The van der Waals surface area contributed by atoms with Gasteiger partial charge in [0.1, 0.15) is 11.3 Å². The third kappa shape index (κ3) is 3.30. The summed E-state index contributed by atoms with van der Waals surface area (Å²) in [7, 11) is 0. The van der Waals surface area contributed by atoms with Crippen LogP contribution in [-0.2, 0) is 0 Å². The lowest BCUT2D eigenvalue weighted by Gasteiger charge is -2.33. The fourth-order valence-corrected chi connectivity index (χ4v) is 2.66. The highest BCUT2D eigenvalue weighted by atomic mass is 16.3. The van der Waals surface area contributed by atoms with Crippen LogP contribution in [0.25, 0.3) is 5.65 Å². The largest absolute Gasteiger partial charge is 0.392 e. The molecule has 0 aliphatic carbocycles. The van der Waals surface area contributed by atoms with Crippen LogP contribution in [-0.4, -0.2) is 33.0 Å². The van der Waals surface area contributed by atoms with Gasteiger partial charge in [0.15, 0.2) is 0 Å². The first-order valence-corrected chi connectivity index (χ1v) is 7.62. The number of nitrogens with one attached hydrogen (secondary N) is 1. The Morgan fingerprint density at radius 2 is 2.09 bits per heavy atom. The van der Waals surface area contributed by atoms with E-state index >= 15 is 0 Å². The molecule has 5 nitrogen and oxygen atoms in total. The maximum atomic E-state index is 12.4. The number of carbonyl (C=O) groups is 1. The lowest BCUT2D eigenvalue weighted by molar-refractivity contribution is 0.0138. The van der Waals surface area contributed by atoms with Crippen molar-refractivity contribution in [2.24, 2.45) is 11.3 Å². The van der Waals surface area contributed by atoms with E-state index in [9.17, 15) is 9.90 Å². The fourth-order valence-electron chi connectivity index (χ4n) is 2.66. The smallest absolute Gasteiger partial charge is 0.269 e. The Morgan fingerprint density at radius 3 is 2.73 bits per heavy atom. The minimum atomic E-state index is -0.475. The predicted molar refractivity (Wildman–Crippen MR) is 86.9 cm³/mol. The van der Waals surface area contributed by atoms with Gasteiger partial charge in [0, 0.05) is 18.2 Å². The minimum absolute atomic E-state index is 0.144. The van der Waals surface area contributed by atoms with Crippen LogP contribution in [0.4, 0.5) is 0 Å². The molecule has 120 valence electrons. The molecule has 0 spiro atoms.